The summed E-state index contributed by atoms with van der Waals surface area (Å²) in [4.78, 5) is 2.53. The van der Waals surface area contributed by atoms with Crippen molar-refractivity contribution in [1.82, 2.24) is 0 Å². The number of allylic oxidation sites excluding steroid dienone is 2. The van der Waals surface area contributed by atoms with Crippen LogP contribution in [0.5, 0.6) is 0 Å². The summed E-state index contributed by atoms with van der Waals surface area (Å²) < 4.78 is 7.83. The van der Waals surface area contributed by atoms with E-state index < -0.39 is 0 Å². The highest BCUT2D eigenvalue weighted by Gasteiger charge is 2.39. The van der Waals surface area contributed by atoms with Crippen LogP contribution < -0.4 is 4.90 Å². The number of anilines is 1. The number of rotatable bonds is 4. The first kappa shape index (κ1) is 17.2. The molecule has 3 heteroatoms. The third-order valence-corrected chi connectivity index (χ3v) is 5.22. The average Bonchev–Trinajstić information content (AvgIpc) is 2.79. The van der Waals surface area contributed by atoms with Crippen LogP contribution in [0.15, 0.2) is 36.0 Å². The summed E-state index contributed by atoms with van der Waals surface area (Å²) in [7, 11) is 0. The molecule has 0 aliphatic carbocycles. The first-order chi connectivity index (χ1) is 11.5. The molecule has 1 aromatic rings. The predicted octanol–water partition coefficient (Wildman–Crippen LogP) is 3.83. The van der Waals surface area contributed by atoms with Gasteiger partial charge in [-0.3, -0.25) is 0 Å². The first-order valence-electron chi connectivity index (χ1n) is 9.24. The minimum Gasteiger partial charge on any atom is -0.368 e. The van der Waals surface area contributed by atoms with Gasteiger partial charge in [-0.1, -0.05) is 45.9 Å². The summed E-state index contributed by atoms with van der Waals surface area (Å²) in [6.45, 7) is 14.0. The molecule has 2 aliphatic rings. The molecule has 0 saturated carbocycles. The molecule has 130 valence electrons. The molecular formula is C21H31N2O+. The van der Waals surface area contributed by atoms with Crippen LogP contribution in [0.3, 0.4) is 0 Å². The lowest BCUT2D eigenvalue weighted by Gasteiger charge is -2.27. The van der Waals surface area contributed by atoms with Crippen molar-refractivity contribution in [2.24, 2.45) is 5.92 Å². The van der Waals surface area contributed by atoms with E-state index in [1.54, 1.807) is 0 Å². The van der Waals surface area contributed by atoms with Gasteiger partial charge in [0.15, 0.2) is 19.3 Å². The summed E-state index contributed by atoms with van der Waals surface area (Å²) in [6, 6.07) is 8.88. The van der Waals surface area contributed by atoms with Gasteiger partial charge < -0.3 is 9.64 Å². The number of fused-ring (bicyclic) bond motifs is 1. The zero-order chi connectivity index (χ0) is 17.2. The van der Waals surface area contributed by atoms with E-state index in [1.165, 1.54) is 23.4 Å². The van der Waals surface area contributed by atoms with Crippen molar-refractivity contribution < 1.29 is 9.31 Å². The monoisotopic (exact) mass is 327 g/mol. The Morgan fingerprint density at radius 2 is 1.92 bits per heavy atom. The van der Waals surface area contributed by atoms with Crippen molar-refractivity contribution >= 4 is 11.9 Å². The number of benzene rings is 1. The highest BCUT2D eigenvalue weighted by molar-refractivity contribution is 5.77. The fourth-order valence-corrected chi connectivity index (χ4v) is 3.67. The Kier molecular flexibility index (Phi) is 5.09. The normalized spacial score (nSPS) is 21.5. The summed E-state index contributed by atoms with van der Waals surface area (Å²) >= 11 is 0. The standard InChI is InChI=1S/C21H31N2O/c1-17(2)9-12-23-19-8-6-5-7-18(19)21(3,4)20(23)10-11-22-13-15-24-16-14-22/h5-8,10-11,17H,9,12-16H2,1-4H3/q+1. The number of ether oxygens (including phenoxy) is 1. The maximum Gasteiger partial charge on any atom is 0.166 e. The van der Waals surface area contributed by atoms with Gasteiger partial charge in [-0.2, -0.15) is 0 Å². The zero-order valence-corrected chi connectivity index (χ0v) is 15.6. The Morgan fingerprint density at radius 3 is 2.62 bits per heavy atom. The molecule has 0 atom stereocenters. The number of hydrogen-bond acceptors (Lipinski definition) is 2. The van der Waals surface area contributed by atoms with Crippen LogP contribution in [-0.2, 0) is 10.2 Å². The Morgan fingerprint density at radius 1 is 1.21 bits per heavy atom. The van der Waals surface area contributed by atoms with E-state index in [0.717, 1.165) is 32.8 Å². The molecule has 3 nitrogen and oxygen atoms in total. The van der Waals surface area contributed by atoms with E-state index in [1.807, 2.05) is 0 Å². The number of para-hydroxylation sites is 1. The highest BCUT2D eigenvalue weighted by Crippen LogP contribution is 2.47. The van der Waals surface area contributed by atoms with Gasteiger partial charge in [0.25, 0.3) is 0 Å². The fourth-order valence-electron chi connectivity index (χ4n) is 3.67. The van der Waals surface area contributed by atoms with Crippen LogP contribution in [0, 0.1) is 5.92 Å². The number of hydrogen-bond donors (Lipinski definition) is 0. The fraction of sp³-hybridized carbons (Fsp3) is 0.571. The van der Waals surface area contributed by atoms with Crippen molar-refractivity contribution in [1.29, 1.82) is 0 Å². The van der Waals surface area contributed by atoms with Gasteiger partial charge >= 0.3 is 0 Å². The van der Waals surface area contributed by atoms with Crippen molar-refractivity contribution in [3.8, 4) is 0 Å². The van der Waals surface area contributed by atoms with E-state index in [4.69, 9.17) is 4.74 Å². The van der Waals surface area contributed by atoms with Gasteiger partial charge in [0.05, 0.1) is 0 Å². The van der Waals surface area contributed by atoms with Crippen LogP contribution in [0.4, 0.5) is 5.69 Å². The minimum atomic E-state index is 0.0519. The second-order valence-electron chi connectivity index (χ2n) is 7.83. The quantitative estimate of drug-likeness (QED) is 0.781. The summed E-state index contributed by atoms with van der Waals surface area (Å²) in [5.41, 5.74) is 4.28. The molecule has 2 aliphatic heterocycles. The number of nitrogens with zero attached hydrogens (tertiary/aromatic N) is 2. The van der Waals surface area contributed by atoms with Crippen LogP contribution in [0.2, 0.25) is 0 Å². The average molecular weight is 327 g/mol. The van der Waals surface area contributed by atoms with Crippen molar-refractivity contribution in [3.63, 3.8) is 0 Å². The van der Waals surface area contributed by atoms with Gasteiger partial charge in [0, 0.05) is 29.4 Å². The van der Waals surface area contributed by atoms with Crippen molar-refractivity contribution in [3.05, 3.63) is 41.6 Å². The Bertz CT molecular complexity index is 635. The lowest BCUT2D eigenvalue weighted by Crippen LogP contribution is -2.31. The second kappa shape index (κ2) is 7.10. The van der Waals surface area contributed by atoms with Gasteiger partial charge in [-0.05, 0) is 24.0 Å². The molecule has 0 radical (unpaired) electrons. The molecular weight excluding hydrogens is 296 g/mol. The minimum absolute atomic E-state index is 0.0519. The molecule has 1 fully saturated rings. The van der Waals surface area contributed by atoms with Gasteiger partial charge in [-0.15, -0.1) is 0 Å². The third-order valence-electron chi connectivity index (χ3n) is 5.22. The smallest absolute Gasteiger partial charge is 0.166 e. The molecule has 0 unspecified atom stereocenters. The molecule has 1 aromatic carbocycles. The van der Waals surface area contributed by atoms with Crippen molar-refractivity contribution in [2.75, 3.05) is 37.7 Å². The molecule has 0 bridgehead atoms. The van der Waals surface area contributed by atoms with Gasteiger partial charge in [0.2, 0.25) is 0 Å². The maximum atomic E-state index is 5.46. The molecule has 0 spiro atoms. The van der Waals surface area contributed by atoms with E-state index >= 15 is 0 Å². The largest absolute Gasteiger partial charge is 0.368 e. The zero-order valence-electron chi connectivity index (χ0n) is 15.6. The lowest BCUT2D eigenvalue weighted by molar-refractivity contribution is -0.544. The highest BCUT2D eigenvalue weighted by atomic mass is 16.5. The summed E-state index contributed by atoms with van der Waals surface area (Å²) in [6.07, 6.45) is 5.82. The maximum absolute atomic E-state index is 5.46. The van der Waals surface area contributed by atoms with E-state index in [2.05, 4.69) is 73.7 Å². The predicted molar refractivity (Wildman–Crippen MR) is 101 cm³/mol. The molecule has 0 aromatic heterocycles. The molecule has 1 saturated heterocycles. The summed E-state index contributed by atoms with van der Waals surface area (Å²) in [5, 5.41) is 0. The molecule has 0 amide bonds. The Balaban J connectivity index is 1.95. The van der Waals surface area contributed by atoms with Crippen molar-refractivity contribution in [2.45, 2.75) is 39.5 Å². The molecule has 2 heterocycles. The van der Waals surface area contributed by atoms with Crippen LogP contribution in [0.25, 0.3) is 0 Å². The van der Waals surface area contributed by atoms with Crippen LogP contribution >= 0.6 is 0 Å². The molecule has 24 heavy (non-hydrogen) atoms. The van der Waals surface area contributed by atoms with Gasteiger partial charge in [0.1, 0.15) is 13.2 Å². The van der Waals surface area contributed by atoms with E-state index in [9.17, 15) is 0 Å². The molecule has 3 rings (SSSR count). The Labute approximate surface area is 146 Å². The third kappa shape index (κ3) is 3.41. The van der Waals surface area contributed by atoms with E-state index in [-0.39, 0.29) is 5.41 Å². The topological polar surface area (TPSA) is 15.5 Å². The number of morpholine rings is 1. The summed E-state index contributed by atoms with van der Waals surface area (Å²) in [5.74, 6) is 0.713. The molecule has 0 N–H and O–H groups in total. The van der Waals surface area contributed by atoms with E-state index in [0.29, 0.717) is 5.92 Å². The lowest BCUT2D eigenvalue weighted by atomic mass is 9.84. The second-order valence-corrected chi connectivity index (χ2v) is 7.83. The SMILES string of the molecule is CC(C)CCN1C(=CC=[N+]2CCOCC2)C(C)(C)c2ccccc21. The van der Waals surface area contributed by atoms with Gasteiger partial charge in [-0.25, -0.2) is 4.58 Å². The Hall–Kier alpha value is -1.61. The first-order valence-corrected chi connectivity index (χ1v) is 9.24. The van der Waals surface area contributed by atoms with Crippen LogP contribution in [-0.4, -0.2) is 43.6 Å². The van der Waals surface area contributed by atoms with Crippen LogP contribution in [0.1, 0.15) is 39.7 Å².